The van der Waals surface area contributed by atoms with Crippen molar-refractivity contribution in [3.05, 3.63) is 56.4 Å². The molecule has 1 aromatic heterocycles. The monoisotopic (exact) mass is 327 g/mol. The fourth-order valence-electron chi connectivity index (χ4n) is 2.72. The molecule has 0 unspecified atom stereocenters. The number of nitriles is 1. The van der Waals surface area contributed by atoms with Crippen LogP contribution in [-0.4, -0.2) is 21.4 Å². The average Bonchev–Trinajstić information content (AvgIpc) is 2.53. The Hall–Kier alpha value is -2.78. The zero-order valence-electron chi connectivity index (χ0n) is 14.1. The smallest absolute Gasteiger partial charge is 0.271 e. The van der Waals surface area contributed by atoms with Gasteiger partial charge in [-0.25, -0.2) is 0 Å². The van der Waals surface area contributed by atoms with Crippen molar-refractivity contribution in [1.82, 2.24) is 4.57 Å². The van der Waals surface area contributed by atoms with Gasteiger partial charge in [0.2, 0.25) is 0 Å². The molecule has 0 aliphatic heterocycles. The van der Waals surface area contributed by atoms with E-state index in [9.17, 15) is 15.2 Å². The molecule has 126 valence electrons. The van der Waals surface area contributed by atoms with E-state index >= 15 is 0 Å². The third-order valence-corrected chi connectivity index (χ3v) is 4.09. The summed E-state index contributed by atoms with van der Waals surface area (Å²) in [5.74, 6) is -0.220. The molecular weight excluding hydrogens is 306 g/mol. The molecule has 0 radical (unpaired) electrons. The first-order chi connectivity index (χ1) is 11.4. The van der Waals surface area contributed by atoms with E-state index in [1.807, 2.05) is 38.1 Å². The van der Waals surface area contributed by atoms with Gasteiger partial charge in [0.05, 0.1) is 13.2 Å². The van der Waals surface area contributed by atoms with Crippen molar-refractivity contribution < 1.29 is 10.2 Å². The van der Waals surface area contributed by atoms with E-state index in [1.54, 1.807) is 6.92 Å². The molecule has 3 N–H and O–H groups in total. The van der Waals surface area contributed by atoms with Gasteiger partial charge in [0.1, 0.15) is 11.6 Å². The molecule has 6 heteroatoms. The molecule has 0 atom stereocenters. The number of nitrogens with zero attached hydrogens (tertiary/aromatic N) is 2. The fourth-order valence-corrected chi connectivity index (χ4v) is 2.72. The van der Waals surface area contributed by atoms with Crippen LogP contribution in [0.4, 0.5) is 5.69 Å². The average molecular weight is 327 g/mol. The van der Waals surface area contributed by atoms with Crippen LogP contribution in [0.5, 0.6) is 5.88 Å². The number of benzene rings is 1. The molecule has 6 nitrogen and oxygen atoms in total. The third kappa shape index (κ3) is 3.26. The normalized spacial score (nSPS) is 10.5. The molecule has 0 bridgehead atoms. The number of aliphatic hydroxyl groups excluding tert-OH is 1. The van der Waals surface area contributed by atoms with Gasteiger partial charge in [0, 0.05) is 17.8 Å². The van der Waals surface area contributed by atoms with Crippen molar-refractivity contribution in [3.63, 3.8) is 0 Å². The lowest BCUT2D eigenvalue weighted by Crippen LogP contribution is -2.27. The largest absolute Gasteiger partial charge is 0.494 e. The summed E-state index contributed by atoms with van der Waals surface area (Å²) >= 11 is 0. The van der Waals surface area contributed by atoms with Gasteiger partial charge in [-0.2, -0.15) is 5.26 Å². The summed E-state index contributed by atoms with van der Waals surface area (Å²) in [4.78, 5) is 12.2. The van der Waals surface area contributed by atoms with Gasteiger partial charge in [-0.15, -0.1) is 0 Å². The molecule has 1 heterocycles. The summed E-state index contributed by atoms with van der Waals surface area (Å²) in [6.07, 6.45) is 0. The molecule has 0 spiro atoms. The molecule has 2 rings (SSSR count). The van der Waals surface area contributed by atoms with Crippen LogP contribution in [0.2, 0.25) is 0 Å². The van der Waals surface area contributed by atoms with Crippen LogP contribution >= 0.6 is 0 Å². The minimum Gasteiger partial charge on any atom is -0.494 e. The summed E-state index contributed by atoms with van der Waals surface area (Å²) in [6.45, 7) is 5.54. The van der Waals surface area contributed by atoms with Gasteiger partial charge in [-0.1, -0.05) is 17.7 Å². The van der Waals surface area contributed by atoms with E-state index in [1.165, 1.54) is 0 Å². The Morgan fingerprint density at radius 2 is 2.00 bits per heavy atom. The molecule has 1 aromatic carbocycles. The maximum absolute atomic E-state index is 12.2. The molecular formula is C18H21N3O3. The minimum atomic E-state index is -0.586. The predicted octanol–water partition coefficient (Wildman–Crippen LogP) is 1.96. The van der Waals surface area contributed by atoms with Crippen molar-refractivity contribution in [3.8, 4) is 11.9 Å². The summed E-state index contributed by atoms with van der Waals surface area (Å²) in [5, 5.41) is 32.0. The maximum atomic E-state index is 12.2. The number of anilines is 1. The van der Waals surface area contributed by atoms with Gasteiger partial charge in [0.15, 0.2) is 5.88 Å². The first kappa shape index (κ1) is 17.6. The lowest BCUT2D eigenvalue weighted by atomic mass is 10.0. The van der Waals surface area contributed by atoms with E-state index < -0.39 is 5.56 Å². The van der Waals surface area contributed by atoms with Crippen molar-refractivity contribution in [2.45, 2.75) is 33.9 Å². The predicted molar refractivity (Wildman–Crippen MR) is 92.1 cm³/mol. The van der Waals surface area contributed by atoms with Crippen molar-refractivity contribution >= 4 is 5.69 Å². The van der Waals surface area contributed by atoms with Crippen LogP contribution in [0.15, 0.2) is 23.0 Å². The van der Waals surface area contributed by atoms with Gasteiger partial charge in [-0.3, -0.25) is 9.36 Å². The topological polar surface area (TPSA) is 98.3 Å². The number of hydrogen-bond donors (Lipinski definition) is 3. The van der Waals surface area contributed by atoms with E-state index in [0.29, 0.717) is 11.1 Å². The van der Waals surface area contributed by atoms with Crippen molar-refractivity contribution in [1.29, 1.82) is 5.26 Å². The number of pyridine rings is 1. The van der Waals surface area contributed by atoms with Crippen LogP contribution in [-0.2, 0) is 13.1 Å². The van der Waals surface area contributed by atoms with Gasteiger partial charge in [0.25, 0.3) is 5.56 Å². The molecule has 0 saturated carbocycles. The summed E-state index contributed by atoms with van der Waals surface area (Å²) < 4.78 is 1.03. The highest BCUT2D eigenvalue weighted by molar-refractivity contribution is 5.54. The highest BCUT2D eigenvalue weighted by Crippen LogP contribution is 2.24. The number of aryl methyl sites for hydroxylation is 2. The Balaban J connectivity index is 2.44. The highest BCUT2D eigenvalue weighted by atomic mass is 16.3. The minimum absolute atomic E-state index is 0.0151. The fraction of sp³-hybridized carbons (Fsp3) is 0.333. The molecule has 0 amide bonds. The van der Waals surface area contributed by atoms with E-state index in [0.717, 1.165) is 21.4 Å². The lowest BCUT2D eigenvalue weighted by Gasteiger charge is -2.17. The van der Waals surface area contributed by atoms with E-state index in [-0.39, 0.29) is 31.1 Å². The Morgan fingerprint density at radius 1 is 1.29 bits per heavy atom. The second kappa shape index (κ2) is 7.20. The second-order valence-corrected chi connectivity index (χ2v) is 5.77. The Labute approximate surface area is 140 Å². The van der Waals surface area contributed by atoms with Crippen LogP contribution in [0.25, 0.3) is 0 Å². The number of rotatable bonds is 5. The molecule has 0 aliphatic carbocycles. The first-order valence-corrected chi connectivity index (χ1v) is 7.68. The number of aliphatic hydroxyl groups is 1. The van der Waals surface area contributed by atoms with Crippen LogP contribution < -0.4 is 10.9 Å². The van der Waals surface area contributed by atoms with E-state index in [2.05, 4.69) is 5.32 Å². The molecule has 0 aliphatic rings. The summed E-state index contributed by atoms with van der Waals surface area (Å²) in [5.41, 5.74) is 3.45. The lowest BCUT2D eigenvalue weighted by molar-refractivity contribution is 0.263. The van der Waals surface area contributed by atoms with Crippen LogP contribution in [0, 0.1) is 32.1 Å². The maximum Gasteiger partial charge on any atom is 0.271 e. The second-order valence-electron chi connectivity index (χ2n) is 5.77. The highest BCUT2D eigenvalue weighted by Gasteiger charge is 2.18. The molecule has 24 heavy (non-hydrogen) atoms. The summed E-state index contributed by atoms with van der Waals surface area (Å²) in [7, 11) is 0. The van der Waals surface area contributed by atoms with Crippen molar-refractivity contribution in [2.24, 2.45) is 0 Å². The number of nitrogens with one attached hydrogen (secondary N) is 1. The molecule has 0 fully saturated rings. The quantitative estimate of drug-likeness (QED) is 0.780. The van der Waals surface area contributed by atoms with Gasteiger partial charge >= 0.3 is 0 Å². The first-order valence-electron chi connectivity index (χ1n) is 7.68. The van der Waals surface area contributed by atoms with Crippen LogP contribution in [0.3, 0.4) is 0 Å². The number of aromatic nitrogens is 1. The SMILES string of the molecule is Cc1ccc(NCc2c(C)c(C#N)c(=O)n(CCO)c2O)c(C)c1. The Bertz CT molecular complexity index is 863. The summed E-state index contributed by atoms with van der Waals surface area (Å²) in [6, 6.07) is 7.87. The van der Waals surface area contributed by atoms with Gasteiger partial charge in [-0.05, 0) is 38.0 Å². The zero-order valence-corrected chi connectivity index (χ0v) is 14.1. The van der Waals surface area contributed by atoms with Gasteiger partial charge < -0.3 is 15.5 Å². The van der Waals surface area contributed by atoms with Crippen LogP contribution in [0.1, 0.15) is 27.8 Å². The Morgan fingerprint density at radius 3 is 2.58 bits per heavy atom. The van der Waals surface area contributed by atoms with Crippen molar-refractivity contribution in [2.75, 3.05) is 11.9 Å². The standard InChI is InChI=1S/C18H21N3O3/c1-11-4-5-16(12(2)8-11)20-10-15-13(3)14(9-19)17(23)21(6-7-22)18(15)24/h4-5,8,20,22,24H,6-7,10H2,1-3H3. The third-order valence-electron chi connectivity index (χ3n) is 4.09. The molecule has 0 saturated heterocycles. The zero-order chi connectivity index (χ0) is 17.9. The Kier molecular flexibility index (Phi) is 5.27. The number of aromatic hydroxyl groups is 1. The molecule has 2 aromatic rings. The van der Waals surface area contributed by atoms with E-state index in [4.69, 9.17) is 5.11 Å². The number of hydrogen-bond acceptors (Lipinski definition) is 5.